The SMILES string of the molecule is C[C@@H](NC(=O)NCCCN1CCCC1=O)C(=O)NC1CCCC1. The van der Waals surface area contributed by atoms with E-state index in [0.29, 0.717) is 19.5 Å². The van der Waals surface area contributed by atoms with Gasteiger partial charge in [0, 0.05) is 32.1 Å². The van der Waals surface area contributed by atoms with Crippen LogP contribution in [-0.2, 0) is 9.59 Å². The van der Waals surface area contributed by atoms with Crippen molar-refractivity contribution in [2.75, 3.05) is 19.6 Å². The van der Waals surface area contributed by atoms with Gasteiger partial charge >= 0.3 is 6.03 Å². The molecule has 7 nitrogen and oxygen atoms in total. The van der Waals surface area contributed by atoms with Gasteiger partial charge in [0.15, 0.2) is 0 Å². The smallest absolute Gasteiger partial charge is 0.315 e. The molecule has 2 aliphatic rings. The summed E-state index contributed by atoms with van der Waals surface area (Å²) >= 11 is 0. The van der Waals surface area contributed by atoms with Crippen LogP contribution in [-0.4, -0.2) is 54.5 Å². The van der Waals surface area contributed by atoms with Crippen LogP contribution in [0.2, 0.25) is 0 Å². The number of likely N-dealkylation sites (tertiary alicyclic amines) is 1. The van der Waals surface area contributed by atoms with Gasteiger partial charge in [-0.3, -0.25) is 9.59 Å². The third kappa shape index (κ3) is 5.73. The predicted octanol–water partition coefficient (Wildman–Crippen LogP) is 0.745. The van der Waals surface area contributed by atoms with Crippen LogP contribution >= 0.6 is 0 Å². The number of urea groups is 1. The highest BCUT2D eigenvalue weighted by Gasteiger charge is 2.22. The minimum atomic E-state index is -0.546. The van der Waals surface area contributed by atoms with Crippen molar-refractivity contribution in [2.24, 2.45) is 0 Å². The summed E-state index contributed by atoms with van der Waals surface area (Å²) in [7, 11) is 0. The number of rotatable bonds is 7. The van der Waals surface area contributed by atoms with E-state index < -0.39 is 6.04 Å². The first-order chi connectivity index (χ1) is 11.1. The topological polar surface area (TPSA) is 90.5 Å². The first-order valence-electron chi connectivity index (χ1n) is 8.69. The summed E-state index contributed by atoms with van der Waals surface area (Å²) in [4.78, 5) is 37.0. The Bertz CT molecular complexity index is 435. The van der Waals surface area contributed by atoms with E-state index >= 15 is 0 Å². The second-order valence-electron chi connectivity index (χ2n) is 6.45. The van der Waals surface area contributed by atoms with Crippen LogP contribution in [0, 0.1) is 0 Å². The largest absolute Gasteiger partial charge is 0.352 e. The Morgan fingerprint density at radius 2 is 2.00 bits per heavy atom. The third-order valence-corrected chi connectivity index (χ3v) is 4.50. The number of hydrogen-bond donors (Lipinski definition) is 3. The lowest BCUT2D eigenvalue weighted by Gasteiger charge is -2.18. The monoisotopic (exact) mass is 324 g/mol. The van der Waals surface area contributed by atoms with Gasteiger partial charge in [-0.05, 0) is 32.6 Å². The van der Waals surface area contributed by atoms with Crippen molar-refractivity contribution in [1.82, 2.24) is 20.9 Å². The van der Waals surface area contributed by atoms with Crippen molar-refractivity contribution in [1.29, 1.82) is 0 Å². The third-order valence-electron chi connectivity index (χ3n) is 4.50. The summed E-state index contributed by atoms with van der Waals surface area (Å²) in [6.45, 7) is 3.68. The van der Waals surface area contributed by atoms with Crippen molar-refractivity contribution in [3.63, 3.8) is 0 Å². The number of amides is 4. The molecule has 2 fully saturated rings. The van der Waals surface area contributed by atoms with E-state index in [1.807, 2.05) is 4.90 Å². The Morgan fingerprint density at radius 3 is 2.65 bits per heavy atom. The maximum atomic E-state index is 12.0. The summed E-state index contributed by atoms with van der Waals surface area (Å²) in [6.07, 6.45) is 6.67. The summed E-state index contributed by atoms with van der Waals surface area (Å²) in [5.41, 5.74) is 0. The molecular formula is C16H28N4O3. The predicted molar refractivity (Wildman–Crippen MR) is 86.8 cm³/mol. The molecule has 0 bridgehead atoms. The Labute approximate surface area is 137 Å². The van der Waals surface area contributed by atoms with E-state index in [-0.39, 0.29) is 23.9 Å². The zero-order valence-corrected chi connectivity index (χ0v) is 13.9. The zero-order valence-electron chi connectivity index (χ0n) is 13.9. The summed E-state index contributed by atoms with van der Waals surface area (Å²) < 4.78 is 0. The van der Waals surface area contributed by atoms with Crippen LogP contribution in [0.5, 0.6) is 0 Å². The quantitative estimate of drug-likeness (QED) is 0.604. The van der Waals surface area contributed by atoms with E-state index in [4.69, 9.17) is 0 Å². The van der Waals surface area contributed by atoms with Crippen LogP contribution in [0.1, 0.15) is 51.9 Å². The van der Waals surface area contributed by atoms with Crippen LogP contribution in [0.3, 0.4) is 0 Å². The van der Waals surface area contributed by atoms with E-state index in [2.05, 4.69) is 16.0 Å². The Balaban J connectivity index is 1.56. The molecule has 3 N–H and O–H groups in total. The van der Waals surface area contributed by atoms with Gasteiger partial charge in [0.25, 0.3) is 0 Å². The summed E-state index contributed by atoms with van der Waals surface area (Å²) in [6, 6.07) is -0.629. The first kappa shape index (κ1) is 17.6. The van der Waals surface area contributed by atoms with E-state index in [1.54, 1.807) is 6.92 Å². The second-order valence-corrected chi connectivity index (χ2v) is 6.45. The Hall–Kier alpha value is -1.79. The lowest BCUT2D eigenvalue weighted by molar-refractivity contribution is -0.127. The molecule has 130 valence electrons. The number of carbonyl (C=O) groups is 3. The van der Waals surface area contributed by atoms with Gasteiger partial charge in [-0.15, -0.1) is 0 Å². The van der Waals surface area contributed by atoms with E-state index in [0.717, 1.165) is 45.1 Å². The van der Waals surface area contributed by atoms with Gasteiger partial charge in [-0.25, -0.2) is 4.79 Å². The molecule has 7 heteroatoms. The van der Waals surface area contributed by atoms with Gasteiger partial charge in [0.05, 0.1) is 0 Å². The van der Waals surface area contributed by atoms with Gasteiger partial charge < -0.3 is 20.9 Å². The molecule has 1 atom stereocenters. The van der Waals surface area contributed by atoms with E-state index in [1.165, 1.54) is 0 Å². The number of nitrogens with zero attached hydrogens (tertiary/aromatic N) is 1. The van der Waals surface area contributed by atoms with Crippen molar-refractivity contribution < 1.29 is 14.4 Å². The van der Waals surface area contributed by atoms with Crippen LogP contribution in [0.15, 0.2) is 0 Å². The molecule has 0 unspecified atom stereocenters. The van der Waals surface area contributed by atoms with Gasteiger partial charge in [-0.1, -0.05) is 12.8 Å². The molecule has 1 saturated carbocycles. The van der Waals surface area contributed by atoms with Crippen molar-refractivity contribution >= 4 is 17.8 Å². The molecule has 0 spiro atoms. The molecule has 1 aliphatic heterocycles. The average molecular weight is 324 g/mol. The molecule has 2 rings (SSSR count). The number of hydrogen-bond acceptors (Lipinski definition) is 3. The molecule has 1 heterocycles. The molecule has 0 aromatic heterocycles. The molecule has 0 aromatic carbocycles. The molecule has 4 amide bonds. The highest BCUT2D eigenvalue weighted by molar-refractivity contribution is 5.86. The minimum Gasteiger partial charge on any atom is -0.352 e. The normalized spacial score (nSPS) is 19.7. The van der Waals surface area contributed by atoms with E-state index in [9.17, 15) is 14.4 Å². The molecule has 1 aliphatic carbocycles. The van der Waals surface area contributed by atoms with Crippen molar-refractivity contribution in [3.8, 4) is 0 Å². The van der Waals surface area contributed by atoms with Crippen LogP contribution < -0.4 is 16.0 Å². The fourth-order valence-corrected chi connectivity index (χ4v) is 3.12. The fourth-order valence-electron chi connectivity index (χ4n) is 3.12. The molecule has 23 heavy (non-hydrogen) atoms. The highest BCUT2D eigenvalue weighted by Crippen LogP contribution is 2.17. The molecule has 0 radical (unpaired) electrons. The average Bonchev–Trinajstić information content (AvgIpc) is 3.15. The van der Waals surface area contributed by atoms with Crippen LogP contribution in [0.4, 0.5) is 4.79 Å². The summed E-state index contributed by atoms with van der Waals surface area (Å²) in [5, 5.41) is 8.35. The fraction of sp³-hybridized carbons (Fsp3) is 0.812. The van der Waals surface area contributed by atoms with Gasteiger partial charge in [-0.2, -0.15) is 0 Å². The molecular weight excluding hydrogens is 296 g/mol. The number of carbonyl (C=O) groups excluding carboxylic acids is 3. The lowest BCUT2D eigenvalue weighted by atomic mass is 10.2. The summed E-state index contributed by atoms with van der Waals surface area (Å²) in [5.74, 6) is 0.0707. The molecule has 0 aromatic rings. The minimum absolute atomic E-state index is 0.130. The number of nitrogens with one attached hydrogen (secondary N) is 3. The van der Waals surface area contributed by atoms with Crippen LogP contribution in [0.25, 0.3) is 0 Å². The van der Waals surface area contributed by atoms with Crippen molar-refractivity contribution in [2.45, 2.75) is 64.0 Å². The standard InChI is InChI=1S/C16H28N4O3/c1-12(15(22)19-13-6-2-3-7-13)18-16(23)17-9-5-11-20-10-4-8-14(20)21/h12-13H,2-11H2,1H3,(H,19,22)(H2,17,18,23)/t12-/m1/s1. The maximum absolute atomic E-state index is 12.0. The first-order valence-corrected chi connectivity index (χ1v) is 8.69. The molecule has 1 saturated heterocycles. The van der Waals surface area contributed by atoms with Gasteiger partial charge in [0.1, 0.15) is 6.04 Å². The highest BCUT2D eigenvalue weighted by atomic mass is 16.2. The second kappa shape index (κ2) is 8.74. The lowest BCUT2D eigenvalue weighted by Crippen LogP contribution is -2.50. The maximum Gasteiger partial charge on any atom is 0.315 e. The zero-order chi connectivity index (χ0) is 16.7. The van der Waals surface area contributed by atoms with Gasteiger partial charge in [0.2, 0.25) is 11.8 Å². The van der Waals surface area contributed by atoms with Crippen molar-refractivity contribution in [3.05, 3.63) is 0 Å². The Kier molecular flexibility index (Phi) is 6.67. The Morgan fingerprint density at radius 1 is 1.26 bits per heavy atom.